The van der Waals surface area contributed by atoms with Crippen LogP contribution < -0.4 is 0 Å². The van der Waals surface area contributed by atoms with E-state index in [1.807, 2.05) is 12.1 Å². The van der Waals surface area contributed by atoms with Crippen molar-refractivity contribution in [2.45, 2.75) is 39.2 Å². The first-order chi connectivity index (χ1) is 8.65. The highest BCUT2D eigenvalue weighted by Crippen LogP contribution is 2.45. The van der Waals surface area contributed by atoms with E-state index in [0.717, 1.165) is 27.4 Å². The maximum Gasteiger partial charge on any atom is 0.178 e. The zero-order valence-electron chi connectivity index (χ0n) is 10.5. The van der Waals surface area contributed by atoms with Gasteiger partial charge in [0.05, 0.1) is 16.1 Å². The number of benzene rings is 1. The summed E-state index contributed by atoms with van der Waals surface area (Å²) in [6.45, 7) is 3.30. The van der Waals surface area contributed by atoms with E-state index in [-0.39, 0.29) is 0 Å². The average Bonchev–Trinajstić information content (AvgIpc) is 2.62. The molecule has 1 fully saturated rings. The molecular weight excluding hydrogens is 264 g/mol. The van der Waals surface area contributed by atoms with E-state index in [4.69, 9.17) is 23.8 Å². The lowest BCUT2D eigenvalue weighted by atomic mass is 9.67. The number of fused-ring (bicyclic) bond motifs is 1. The highest BCUT2D eigenvalue weighted by molar-refractivity contribution is 7.71. The molecule has 0 saturated heterocycles. The fraction of sp³-hybridized carbons (Fsp3) is 0.500. The molecule has 0 amide bonds. The Kier molecular flexibility index (Phi) is 2.99. The lowest BCUT2D eigenvalue weighted by Crippen LogP contribution is -2.33. The van der Waals surface area contributed by atoms with Crippen LogP contribution in [0.1, 0.15) is 32.6 Å². The van der Waals surface area contributed by atoms with Crippen LogP contribution in [0, 0.1) is 10.2 Å². The Labute approximate surface area is 117 Å². The van der Waals surface area contributed by atoms with Gasteiger partial charge < -0.3 is 9.55 Å². The quantitative estimate of drug-likeness (QED) is 0.791. The first-order valence-electron chi connectivity index (χ1n) is 6.52. The van der Waals surface area contributed by atoms with Gasteiger partial charge in [-0.25, -0.2) is 0 Å². The van der Waals surface area contributed by atoms with Gasteiger partial charge in [-0.1, -0.05) is 31.0 Å². The molecule has 1 heterocycles. The summed E-state index contributed by atoms with van der Waals surface area (Å²) in [5, 5.41) is 0.747. The summed E-state index contributed by atoms with van der Waals surface area (Å²) in [5.74, 6) is 0. The van der Waals surface area contributed by atoms with Crippen LogP contribution in [-0.4, -0.2) is 9.55 Å². The van der Waals surface area contributed by atoms with Gasteiger partial charge in [0.2, 0.25) is 0 Å². The second kappa shape index (κ2) is 4.39. The SMILES string of the molecule is CCC1(Cn2c(=S)[nH]c3c(Cl)cccc32)CCC1. The van der Waals surface area contributed by atoms with Crippen molar-refractivity contribution < 1.29 is 0 Å². The smallest absolute Gasteiger partial charge is 0.178 e. The first-order valence-corrected chi connectivity index (χ1v) is 7.31. The van der Waals surface area contributed by atoms with Crippen molar-refractivity contribution in [3.05, 3.63) is 28.0 Å². The number of rotatable bonds is 3. The molecule has 1 aromatic heterocycles. The number of halogens is 1. The van der Waals surface area contributed by atoms with E-state index >= 15 is 0 Å². The van der Waals surface area contributed by atoms with Crippen molar-refractivity contribution in [2.24, 2.45) is 5.41 Å². The molecule has 0 atom stereocenters. The van der Waals surface area contributed by atoms with Gasteiger partial charge in [-0.05, 0) is 49.0 Å². The van der Waals surface area contributed by atoms with Crippen molar-refractivity contribution in [3.63, 3.8) is 0 Å². The Morgan fingerprint density at radius 1 is 1.44 bits per heavy atom. The normalized spacial score (nSPS) is 17.9. The van der Waals surface area contributed by atoms with Gasteiger partial charge in [0, 0.05) is 6.54 Å². The molecule has 2 nitrogen and oxygen atoms in total. The molecule has 1 saturated carbocycles. The van der Waals surface area contributed by atoms with Crippen LogP contribution in [0.5, 0.6) is 0 Å². The van der Waals surface area contributed by atoms with Gasteiger partial charge in [0.15, 0.2) is 4.77 Å². The van der Waals surface area contributed by atoms with Gasteiger partial charge >= 0.3 is 0 Å². The number of imidazole rings is 1. The van der Waals surface area contributed by atoms with Crippen molar-refractivity contribution in [1.29, 1.82) is 0 Å². The largest absolute Gasteiger partial charge is 0.329 e. The van der Waals surface area contributed by atoms with Crippen molar-refractivity contribution in [3.8, 4) is 0 Å². The fourth-order valence-corrected chi connectivity index (χ4v) is 3.42. The molecule has 0 radical (unpaired) electrons. The topological polar surface area (TPSA) is 20.7 Å². The maximum absolute atomic E-state index is 6.20. The Morgan fingerprint density at radius 3 is 2.83 bits per heavy atom. The van der Waals surface area contributed by atoms with Crippen molar-refractivity contribution >= 4 is 34.9 Å². The second-order valence-corrected chi connectivity index (χ2v) is 6.15. The minimum atomic E-state index is 0.454. The minimum Gasteiger partial charge on any atom is -0.329 e. The van der Waals surface area contributed by atoms with Gasteiger partial charge in [0.25, 0.3) is 0 Å². The van der Waals surface area contributed by atoms with E-state index in [1.165, 1.54) is 25.7 Å². The summed E-state index contributed by atoms with van der Waals surface area (Å²) in [5.41, 5.74) is 2.55. The lowest BCUT2D eigenvalue weighted by molar-refractivity contribution is 0.101. The van der Waals surface area contributed by atoms with Crippen LogP contribution in [0.25, 0.3) is 11.0 Å². The number of aromatic nitrogens is 2. The Bertz CT molecular complexity index is 631. The number of nitrogens with zero attached hydrogens (tertiary/aromatic N) is 1. The van der Waals surface area contributed by atoms with Crippen LogP contribution in [0.2, 0.25) is 5.02 Å². The van der Waals surface area contributed by atoms with Crippen LogP contribution >= 0.6 is 23.8 Å². The molecule has 4 heteroatoms. The molecule has 0 aliphatic heterocycles. The van der Waals surface area contributed by atoms with Crippen LogP contribution in [-0.2, 0) is 6.54 Å². The average molecular weight is 281 g/mol. The summed E-state index contributed by atoms with van der Waals surface area (Å²) < 4.78 is 3.01. The molecule has 1 N–H and O–H groups in total. The third-order valence-corrected chi connectivity index (χ3v) is 5.05. The zero-order valence-corrected chi connectivity index (χ0v) is 12.1. The van der Waals surface area contributed by atoms with E-state index < -0.39 is 0 Å². The summed E-state index contributed by atoms with van der Waals surface area (Å²) in [4.78, 5) is 3.24. The standard InChI is InChI=1S/C14H17ClN2S/c1-2-14(7-4-8-14)9-17-11-6-3-5-10(15)12(11)16-13(17)18/h3,5-6H,2,4,7-9H2,1H3,(H,16,18). The highest BCUT2D eigenvalue weighted by Gasteiger charge is 2.35. The number of nitrogens with one attached hydrogen (secondary N) is 1. The van der Waals surface area contributed by atoms with Crippen LogP contribution in [0.4, 0.5) is 0 Å². The molecule has 18 heavy (non-hydrogen) atoms. The third-order valence-electron chi connectivity index (χ3n) is 4.42. The molecule has 0 spiro atoms. The monoisotopic (exact) mass is 280 g/mol. The van der Waals surface area contributed by atoms with Crippen molar-refractivity contribution in [2.75, 3.05) is 0 Å². The number of para-hydroxylation sites is 1. The van der Waals surface area contributed by atoms with E-state index in [1.54, 1.807) is 0 Å². The first kappa shape index (κ1) is 12.2. The molecule has 0 bridgehead atoms. The molecule has 1 aliphatic carbocycles. The predicted octanol–water partition coefficient (Wildman–Crippen LogP) is 4.93. The molecule has 0 unspecified atom stereocenters. The number of aromatic amines is 1. The summed E-state index contributed by atoms with van der Waals surface area (Å²) in [6.07, 6.45) is 5.21. The molecule has 96 valence electrons. The zero-order chi connectivity index (χ0) is 12.8. The summed E-state index contributed by atoms with van der Waals surface area (Å²) >= 11 is 11.7. The molecule has 2 aromatic rings. The number of hydrogen-bond acceptors (Lipinski definition) is 1. The Hall–Kier alpha value is -0.800. The third kappa shape index (κ3) is 1.81. The molecule has 1 aromatic carbocycles. The number of hydrogen-bond donors (Lipinski definition) is 1. The lowest BCUT2D eigenvalue weighted by Gasteiger charge is -2.41. The van der Waals surface area contributed by atoms with Gasteiger partial charge in [-0.2, -0.15) is 0 Å². The Balaban J connectivity index is 2.09. The van der Waals surface area contributed by atoms with Crippen molar-refractivity contribution in [1.82, 2.24) is 9.55 Å². The van der Waals surface area contributed by atoms with Gasteiger partial charge in [0.1, 0.15) is 0 Å². The summed E-state index contributed by atoms with van der Waals surface area (Å²) in [7, 11) is 0. The molecule has 3 rings (SSSR count). The van der Waals surface area contributed by atoms with Gasteiger partial charge in [-0.3, -0.25) is 0 Å². The predicted molar refractivity (Wildman–Crippen MR) is 78.7 cm³/mol. The Morgan fingerprint density at radius 2 is 2.22 bits per heavy atom. The fourth-order valence-electron chi connectivity index (χ4n) is 2.94. The number of H-pyrrole nitrogens is 1. The van der Waals surface area contributed by atoms with E-state index in [2.05, 4.69) is 22.5 Å². The van der Waals surface area contributed by atoms with Gasteiger partial charge in [-0.15, -0.1) is 0 Å². The van der Waals surface area contributed by atoms with E-state index in [9.17, 15) is 0 Å². The van der Waals surface area contributed by atoms with Crippen LogP contribution in [0.15, 0.2) is 18.2 Å². The molecule has 1 aliphatic rings. The highest BCUT2D eigenvalue weighted by atomic mass is 35.5. The minimum absolute atomic E-state index is 0.454. The summed E-state index contributed by atoms with van der Waals surface area (Å²) in [6, 6.07) is 5.98. The van der Waals surface area contributed by atoms with Crippen LogP contribution in [0.3, 0.4) is 0 Å². The molecular formula is C14H17ClN2S. The maximum atomic E-state index is 6.20. The van der Waals surface area contributed by atoms with E-state index in [0.29, 0.717) is 5.41 Å². The second-order valence-electron chi connectivity index (χ2n) is 5.36.